The molecule has 3 amide bonds. The van der Waals surface area contributed by atoms with E-state index < -0.39 is 48.1 Å². The van der Waals surface area contributed by atoms with Gasteiger partial charge in [0.05, 0.1) is 19.1 Å². The Bertz CT molecular complexity index is 1290. The average molecular weight is 530 g/mol. The lowest BCUT2D eigenvalue weighted by Crippen LogP contribution is -2.52. The van der Waals surface area contributed by atoms with Crippen LogP contribution in [0, 0.1) is 0 Å². The van der Waals surface area contributed by atoms with Gasteiger partial charge in [0.25, 0.3) is 5.91 Å². The minimum atomic E-state index is -4.66. The summed E-state index contributed by atoms with van der Waals surface area (Å²) < 4.78 is 48.3. The number of ketones is 1. The highest BCUT2D eigenvalue weighted by atomic mass is 19.4. The number of para-hydroxylation sites is 1. The lowest BCUT2D eigenvalue weighted by atomic mass is 9.88. The molecule has 38 heavy (non-hydrogen) atoms. The Morgan fingerprint density at radius 1 is 1.08 bits per heavy atom. The van der Waals surface area contributed by atoms with Crippen LogP contribution in [0.15, 0.2) is 42.5 Å². The van der Waals surface area contributed by atoms with Crippen molar-refractivity contribution >= 4 is 29.2 Å². The summed E-state index contributed by atoms with van der Waals surface area (Å²) in [5.74, 6) is -4.09. The van der Waals surface area contributed by atoms with E-state index in [9.17, 15) is 32.3 Å². The van der Waals surface area contributed by atoms with E-state index in [1.165, 1.54) is 35.2 Å². The third-order valence-corrected chi connectivity index (χ3v) is 7.29. The van der Waals surface area contributed by atoms with E-state index in [4.69, 9.17) is 4.74 Å². The van der Waals surface area contributed by atoms with Crippen LogP contribution in [-0.4, -0.2) is 66.9 Å². The lowest BCUT2D eigenvalue weighted by Gasteiger charge is -2.33. The predicted molar refractivity (Wildman–Crippen MR) is 130 cm³/mol. The molecular formula is C27H26F3N3O5. The number of benzene rings is 2. The number of hydrogen-bond acceptors (Lipinski definition) is 6. The number of imide groups is 1. The van der Waals surface area contributed by atoms with Gasteiger partial charge in [-0.3, -0.25) is 24.5 Å². The molecule has 200 valence electrons. The molecule has 0 saturated carbocycles. The van der Waals surface area contributed by atoms with Crippen molar-refractivity contribution in [3.8, 4) is 0 Å². The number of nitrogens with one attached hydrogen (secondary N) is 1. The third-order valence-electron chi connectivity index (χ3n) is 7.29. The molecule has 0 bridgehead atoms. The van der Waals surface area contributed by atoms with Crippen molar-refractivity contribution in [1.82, 2.24) is 10.2 Å². The average Bonchev–Trinajstić information content (AvgIpc) is 3.22. The summed E-state index contributed by atoms with van der Waals surface area (Å²) in [6.07, 6.45) is -5.15. The van der Waals surface area contributed by atoms with Gasteiger partial charge in [0.1, 0.15) is 6.04 Å². The van der Waals surface area contributed by atoms with E-state index in [1.807, 2.05) is 4.90 Å². The fourth-order valence-corrected chi connectivity index (χ4v) is 5.33. The van der Waals surface area contributed by atoms with Gasteiger partial charge in [-0.1, -0.05) is 24.3 Å². The number of alkyl halides is 3. The van der Waals surface area contributed by atoms with Crippen molar-refractivity contribution in [3.05, 3.63) is 64.7 Å². The van der Waals surface area contributed by atoms with Crippen LogP contribution in [0.4, 0.5) is 18.9 Å². The first-order valence-electron chi connectivity index (χ1n) is 12.4. The van der Waals surface area contributed by atoms with Crippen LogP contribution in [0.1, 0.15) is 57.0 Å². The Labute approximate surface area is 216 Å². The number of fused-ring (bicyclic) bond motifs is 1. The normalized spacial score (nSPS) is 20.8. The highest BCUT2D eigenvalue weighted by Gasteiger charge is 2.44. The molecule has 11 heteroatoms. The monoisotopic (exact) mass is 529 g/mol. The first kappa shape index (κ1) is 25.9. The standard InChI is InChI=1S/C27H26F3N3O5/c28-27(29,30)20(19-3-1-2-4-21(19)32-9-11-38-12-10-32)14-23(34)16-5-6-18-17(13-16)15-33(26(18)37)22-7-8-24(35)31-25(22)36/h1-6,13,20,22H,7-12,14-15H2,(H,31,35,36)/t20-,22?/m1/s1. The summed E-state index contributed by atoms with van der Waals surface area (Å²) in [6, 6.07) is 9.64. The first-order chi connectivity index (χ1) is 18.1. The number of piperidine rings is 1. The molecule has 2 atom stereocenters. The highest BCUT2D eigenvalue weighted by Crippen LogP contribution is 2.42. The molecule has 0 radical (unpaired) electrons. The van der Waals surface area contributed by atoms with E-state index in [-0.39, 0.29) is 36.1 Å². The SMILES string of the molecule is O=C1CCC(N2Cc3cc(C(=O)C[C@H](c4ccccc4N4CCOCC4)C(F)(F)F)ccc3C2=O)C(=O)N1. The molecule has 8 nitrogen and oxygen atoms in total. The largest absolute Gasteiger partial charge is 0.396 e. The molecule has 0 aromatic heterocycles. The molecule has 2 fully saturated rings. The first-order valence-corrected chi connectivity index (χ1v) is 12.4. The Morgan fingerprint density at radius 2 is 1.82 bits per heavy atom. The molecular weight excluding hydrogens is 503 g/mol. The van der Waals surface area contributed by atoms with E-state index >= 15 is 0 Å². The number of carbonyl (C=O) groups excluding carboxylic acids is 4. The number of amides is 3. The number of nitrogens with zero attached hydrogens (tertiary/aromatic N) is 2. The number of rotatable bonds is 6. The van der Waals surface area contributed by atoms with Gasteiger partial charge in [0.2, 0.25) is 11.8 Å². The molecule has 5 rings (SSSR count). The smallest absolute Gasteiger partial charge is 0.378 e. The zero-order valence-electron chi connectivity index (χ0n) is 20.4. The molecule has 2 aromatic rings. The van der Waals surface area contributed by atoms with E-state index in [0.717, 1.165) is 0 Å². The number of carbonyl (C=O) groups is 4. The minimum absolute atomic E-state index is 0.0319. The number of anilines is 1. The molecule has 2 aromatic carbocycles. The van der Waals surface area contributed by atoms with Crippen LogP contribution in [0.5, 0.6) is 0 Å². The topological polar surface area (TPSA) is 96.0 Å². The van der Waals surface area contributed by atoms with Crippen molar-refractivity contribution in [2.75, 3.05) is 31.2 Å². The molecule has 2 saturated heterocycles. The number of Topliss-reactive ketones (excluding diaryl/α,β-unsaturated/α-hetero) is 1. The summed E-state index contributed by atoms with van der Waals surface area (Å²) >= 11 is 0. The third kappa shape index (κ3) is 5.02. The maximum absolute atomic E-state index is 14.3. The second kappa shape index (κ2) is 10.2. The molecule has 3 aliphatic heterocycles. The number of hydrogen-bond donors (Lipinski definition) is 1. The fourth-order valence-electron chi connectivity index (χ4n) is 5.33. The van der Waals surface area contributed by atoms with Gasteiger partial charge in [-0.2, -0.15) is 13.2 Å². The van der Waals surface area contributed by atoms with Crippen molar-refractivity contribution in [2.24, 2.45) is 0 Å². The Morgan fingerprint density at radius 3 is 2.53 bits per heavy atom. The Hall–Kier alpha value is -3.73. The number of ether oxygens (including phenoxy) is 1. The van der Waals surface area contributed by atoms with Crippen LogP contribution < -0.4 is 10.2 Å². The van der Waals surface area contributed by atoms with Gasteiger partial charge >= 0.3 is 6.18 Å². The molecule has 3 aliphatic rings. The van der Waals surface area contributed by atoms with Crippen LogP contribution in [-0.2, 0) is 20.9 Å². The second-order valence-corrected chi connectivity index (χ2v) is 9.65. The highest BCUT2D eigenvalue weighted by molar-refractivity contribution is 6.06. The maximum Gasteiger partial charge on any atom is 0.396 e. The van der Waals surface area contributed by atoms with Gasteiger partial charge < -0.3 is 14.5 Å². The van der Waals surface area contributed by atoms with Crippen molar-refractivity contribution in [3.63, 3.8) is 0 Å². The maximum atomic E-state index is 14.3. The summed E-state index contributed by atoms with van der Waals surface area (Å²) in [4.78, 5) is 53.0. The number of halogens is 3. The summed E-state index contributed by atoms with van der Waals surface area (Å²) in [5, 5.41) is 2.22. The summed E-state index contributed by atoms with van der Waals surface area (Å²) in [7, 11) is 0. The molecule has 3 heterocycles. The Kier molecular flexibility index (Phi) is 6.95. The second-order valence-electron chi connectivity index (χ2n) is 9.65. The quantitative estimate of drug-likeness (QED) is 0.456. The minimum Gasteiger partial charge on any atom is -0.378 e. The van der Waals surface area contributed by atoms with Gasteiger partial charge in [0, 0.05) is 49.3 Å². The van der Waals surface area contributed by atoms with E-state index in [0.29, 0.717) is 37.6 Å². The zero-order chi connectivity index (χ0) is 27.0. The van der Waals surface area contributed by atoms with Crippen LogP contribution in [0.3, 0.4) is 0 Å². The number of morpholine rings is 1. The molecule has 1 N–H and O–H groups in total. The van der Waals surface area contributed by atoms with Gasteiger partial charge in [-0.05, 0) is 35.7 Å². The van der Waals surface area contributed by atoms with E-state index in [2.05, 4.69) is 5.32 Å². The van der Waals surface area contributed by atoms with Gasteiger partial charge in [0.15, 0.2) is 5.78 Å². The van der Waals surface area contributed by atoms with Crippen LogP contribution >= 0.6 is 0 Å². The van der Waals surface area contributed by atoms with Crippen molar-refractivity contribution in [2.45, 2.75) is 43.9 Å². The van der Waals surface area contributed by atoms with Crippen LogP contribution in [0.25, 0.3) is 0 Å². The van der Waals surface area contributed by atoms with Gasteiger partial charge in [-0.15, -0.1) is 0 Å². The summed E-state index contributed by atoms with van der Waals surface area (Å²) in [5.41, 5.74) is 1.29. The molecule has 0 spiro atoms. The van der Waals surface area contributed by atoms with Gasteiger partial charge in [-0.25, -0.2) is 0 Å². The zero-order valence-corrected chi connectivity index (χ0v) is 20.4. The molecule has 0 aliphatic carbocycles. The Balaban J connectivity index is 1.38. The fraction of sp³-hybridized carbons (Fsp3) is 0.407. The predicted octanol–water partition coefficient (Wildman–Crippen LogP) is 3.20. The summed E-state index contributed by atoms with van der Waals surface area (Å²) in [6.45, 7) is 1.77. The van der Waals surface area contributed by atoms with E-state index in [1.54, 1.807) is 12.1 Å². The van der Waals surface area contributed by atoms with Crippen LogP contribution in [0.2, 0.25) is 0 Å². The lowest BCUT2D eigenvalue weighted by molar-refractivity contribution is -0.149. The van der Waals surface area contributed by atoms with Crippen molar-refractivity contribution < 1.29 is 37.1 Å². The van der Waals surface area contributed by atoms with Crippen molar-refractivity contribution in [1.29, 1.82) is 0 Å². The molecule has 1 unspecified atom stereocenters.